The molecular formula is C24H31N5O3S2. The number of benzene rings is 1. The lowest BCUT2D eigenvalue weighted by atomic mass is 9.92. The number of aliphatic hydroxyl groups excluding tert-OH is 2. The van der Waals surface area contributed by atoms with Gasteiger partial charge in [-0.05, 0) is 48.8 Å². The second kappa shape index (κ2) is 10.6. The number of carbonyl (C=O) groups is 1. The van der Waals surface area contributed by atoms with Crippen LogP contribution < -0.4 is 5.32 Å². The number of thiazole rings is 1. The molecule has 10 heteroatoms. The molecule has 3 N–H and O–H groups in total. The Bertz CT molecular complexity index is 1110. The molecule has 4 atom stereocenters. The molecule has 182 valence electrons. The molecule has 34 heavy (non-hydrogen) atoms. The van der Waals surface area contributed by atoms with E-state index in [0.29, 0.717) is 12.4 Å². The summed E-state index contributed by atoms with van der Waals surface area (Å²) in [4.78, 5) is 24.7. The van der Waals surface area contributed by atoms with Gasteiger partial charge in [0.05, 0.1) is 34.1 Å². The van der Waals surface area contributed by atoms with Crippen molar-refractivity contribution in [2.75, 3.05) is 6.54 Å². The van der Waals surface area contributed by atoms with E-state index in [0.717, 1.165) is 26.7 Å². The zero-order valence-corrected chi connectivity index (χ0v) is 21.4. The number of amides is 1. The van der Waals surface area contributed by atoms with E-state index in [1.807, 2.05) is 57.5 Å². The first-order valence-electron chi connectivity index (χ1n) is 11.4. The standard InChI is InChI=1S/C24H31N5O3S2/c1-13(2)20(22-27-15(4)34-28-22)24(32)29-11-18(30)9-19(29)23(31)25-10-16-5-7-17(8-6-16)21-14(3)26-12-33-21/h5-8,12-13,18-20,24,30,32H,9-11H2,1-4H3,(H,25,31)/t18-,19+,20-,24?/m1/s1. The van der Waals surface area contributed by atoms with Crippen LogP contribution in [-0.2, 0) is 11.3 Å². The zero-order chi connectivity index (χ0) is 24.4. The molecule has 1 aromatic carbocycles. The predicted octanol–water partition coefficient (Wildman–Crippen LogP) is 3.09. The van der Waals surface area contributed by atoms with Gasteiger partial charge in [-0.3, -0.25) is 9.69 Å². The van der Waals surface area contributed by atoms with Gasteiger partial charge in [-0.2, -0.15) is 4.37 Å². The maximum atomic E-state index is 13.1. The summed E-state index contributed by atoms with van der Waals surface area (Å²) in [5.74, 6) is 0.0872. The quantitative estimate of drug-likeness (QED) is 0.435. The summed E-state index contributed by atoms with van der Waals surface area (Å²) in [6.45, 7) is 8.48. The van der Waals surface area contributed by atoms with Crippen molar-refractivity contribution in [3.63, 3.8) is 0 Å². The second-order valence-corrected chi connectivity index (χ2v) is 10.9. The summed E-state index contributed by atoms with van der Waals surface area (Å²) < 4.78 is 4.40. The summed E-state index contributed by atoms with van der Waals surface area (Å²) in [7, 11) is 0. The SMILES string of the molecule is Cc1nc([C@@H](C(C)C)C(O)N2C[C@H](O)C[C@H]2C(=O)NCc2ccc(-c3scnc3C)cc2)ns1. The van der Waals surface area contributed by atoms with Gasteiger partial charge < -0.3 is 15.5 Å². The molecule has 2 aromatic heterocycles. The van der Waals surface area contributed by atoms with Crippen LogP contribution in [-0.4, -0.2) is 60.3 Å². The highest BCUT2D eigenvalue weighted by Gasteiger charge is 2.43. The lowest BCUT2D eigenvalue weighted by Crippen LogP contribution is -2.50. The van der Waals surface area contributed by atoms with Gasteiger partial charge in [-0.1, -0.05) is 38.1 Å². The molecule has 8 nitrogen and oxygen atoms in total. The molecule has 0 radical (unpaired) electrons. The molecular weight excluding hydrogens is 470 g/mol. The van der Waals surface area contributed by atoms with E-state index in [2.05, 4.69) is 19.7 Å². The number of aliphatic hydroxyl groups is 2. The lowest BCUT2D eigenvalue weighted by molar-refractivity contribution is -0.131. The number of rotatable bonds is 8. The molecule has 1 aliphatic heterocycles. The number of nitrogens with zero attached hydrogens (tertiary/aromatic N) is 4. The maximum Gasteiger partial charge on any atom is 0.237 e. The number of aryl methyl sites for hydroxylation is 2. The van der Waals surface area contributed by atoms with Crippen LogP contribution in [0.5, 0.6) is 0 Å². The van der Waals surface area contributed by atoms with Crippen molar-refractivity contribution >= 4 is 28.8 Å². The Morgan fingerprint density at radius 1 is 1.26 bits per heavy atom. The van der Waals surface area contributed by atoms with Gasteiger partial charge in [0, 0.05) is 13.1 Å². The number of β-amino-alcohol motifs (C(OH)–C–C–N with tert-alkyl or cyclic N) is 1. The van der Waals surface area contributed by atoms with Crippen LogP contribution in [0, 0.1) is 19.8 Å². The molecule has 4 rings (SSSR count). The van der Waals surface area contributed by atoms with Crippen LogP contribution in [0.2, 0.25) is 0 Å². The largest absolute Gasteiger partial charge is 0.392 e. The van der Waals surface area contributed by atoms with E-state index < -0.39 is 18.4 Å². The van der Waals surface area contributed by atoms with E-state index in [1.54, 1.807) is 16.2 Å². The third kappa shape index (κ3) is 5.36. The molecule has 1 amide bonds. The fraction of sp³-hybridized carbons (Fsp3) is 0.500. The van der Waals surface area contributed by atoms with E-state index >= 15 is 0 Å². The predicted molar refractivity (Wildman–Crippen MR) is 133 cm³/mol. The number of hydrogen-bond donors (Lipinski definition) is 3. The van der Waals surface area contributed by atoms with Gasteiger partial charge in [0.25, 0.3) is 0 Å². The topological polar surface area (TPSA) is 111 Å². The highest BCUT2D eigenvalue weighted by atomic mass is 32.1. The van der Waals surface area contributed by atoms with Crippen molar-refractivity contribution in [3.05, 3.63) is 51.9 Å². The van der Waals surface area contributed by atoms with Crippen molar-refractivity contribution in [1.82, 2.24) is 24.6 Å². The van der Waals surface area contributed by atoms with E-state index in [9.17, 15) is 15.0 Å². The molecule has 0 saturated carbocycles. The summed E-state index contributed by atoms with van der Waals surface area (Å²) >= 11 is 2.91. The molecule has 0 aliphatic carbocycles. The highest BCUT2D eigenvalue weighted by Crippen LogP contribution is 2.33. The summed E-state index contributed by atoms with van der Waals surface area (Å²) in [5, 5.41) is 25.4. The number of nitrogens with one attached hydrogen (secondary N) is 1. The highest BCUT2D eigenvalue weighted by molar-refractivity contribution is 7.13. The van der Waals surface area contributed by atoms with Gasteiger partial charge in [-0.15, -0.1) is 11.3 Å². The minimum Gasteiger partial charge on any atom is -0.392 e. The summed E-state index contributed by atoms with van der Waals surface area (Å²) in [5.41, 5.74) is 4.93. The molecule has 3 heterocycles. The Morgan fingerprint density at radius 3 is 2.59 bits per heavy atom. The van der Waals surface area contributed by atoms with Crippen LogP contribution in [0.3, 0.4) is 0 Å². The van der Waals surface area contributed by atoms with Crippen LogP contribution in [0.4, 0.5) is 0 Å². The zero-order valence-electron chi connectivity index (χ0n) is 19.8. The Hall–Kier alpha value is -2.24. The van der Waals surface area contributed by atoms with Crippen molar-refractivity contribution in [2.24, 2.45) is 5.92 Å². The minimum atomic E-state index is -0.969. The normalized spacial score (nSPS) is 20.6. The van der Waals surface area contributed by atoms with Crippen molar-refractivity contribution in [3.8, 4) is 10.4 Å². The fourth-order valence-corrected chi connectivity index (χ4v) is 5.81. The first-order chi connectivity index (χ1) is 16.2. The lowest BCUT2D eigenvalue weighted by Gasteiger charge is -2.34. The molecule has 0 spiro atoms. The Labute approximate surface area is 207 Å². The van der Waals surface area contributed by atoms with Crippen LogP contribution in [0.15, 0.2) is 29.8 Å². The van der Waals surface area contributed by atoms with E-state index in [-0.39, 0.29) is 30.7 Å². The smallest absolute Gasteiger partial charge is 0.237 e. The summed E-state index contributed by atoms with van der Waals surface area (Å²) in [6, 6.07) is 7.44. The van der Waals surface area contributed by atoms with Crippen molar-refractivity contribution in [1.29, 1.82) is 0 Å². The van der Waals surface area contributed by atoms with Gasteiger partial charge in [-0.25, -0.2) is 9.97 Å². The van der Waals surface area contributed by atoms with Gasteiger partial charge in [0.1, 0.15) is 17.1 Å². The third-order valence-electron chi connectivity index (χ3n) is 6.27. The number of carbonyl (C=O) groups excluding carboxylic acids is 1. The fourth-order valence-electron chi connectivity index (χ4n) is 4.48. The Kier molecular flexibility index (Phi) is 7.73. The second-order valence-electron chi connectivity index (χ2n) is 9.14. The van der Waals surface area contributed by atoms with Crippen molar-refractivity contribution in [2.45, 2.75) is 65.0 Å². The average molecular weight is 502 g/mol. The third-order valence-corrected chi connectivity index (χ3v) is 7.88. The molecule has 1 saturated heterocycles. The molecule has 3 aromatic rings. The minimum absolute atomic E-state index is 0.0613. The van der Waals surface area contributed by atoms with Gasteiger partial charge in [0.2, 0.25) is 5.91 Å². The average Bonchev–Trinajstić information content (AvgIpc) is 3.52. The summed E-state index contributed by atoms with van der Waals surface area (Å²) in [6.07, 6.45) is -1.37. The van der Waals surface area contributed by atoms with E-state index in [1.165, 1.54) is 11.5 Å². The molecule has 1 aliphatic rings. The van der Waals surface area contributed by atoms with Crippen LogP contribution >= 0.6 is 22.9 Å². The monoisotopic (exact) mass is 501 g/mol. The van der Waals surface area contributed by atoms with Gasteiger partial charge >= 0.3 is 0 Å². The number of aromatic nitrogens is 3. The maximum absolute atomic E-state index is 13.1. The van der Waals surface area contributed by atoms with Crippen LogP contribution in [0.1, 0.15) is 48.3 Å². The Balaban J connectivity index is 1.43. The van der Waals surface area contributed by atoms with Crippen LogP contribution in [0.25, 0.3) is 10.4 Å². The first kappa shape index (κ1) is 24.9. The molecule has 1 fully saturated rings. The Morgan fingerprint density at radius 2 is 2.00 bits per heavy atom. The number of hydrogen-bond acceptors (Lipinski definition) is 9. The molecule has 1 unspecified atom stereocenters. The number of likely N-dealkylation sites (tertiary alicyclic amines) is 1. The first-order valence-corrected chi connectivity index (χ1v) is 13.1. The van der Waals surface area contributed by atoms with E-state index in [4.69, 9.17) is 0 Å². The molecule has 0 bridgehead atoms. The van der Waals surface area contributed by atoms with Gasteiger partial charge in [0.15, 0.2) is 0 Å². The van der Waals surface area contributed by atoms with Crippen molar-refractivity contribution < 1.29 is 15.0 Å².